The van der Waals surface area contributed by atoms with Gasteiger partial charge in [0.05, 0.1) is 5.69 Å². The van der Waals surface area contributed by atoms with Crippen LogP contribution in [0, 0.1) is 13.8 Å². The number of halogens is 1. The van der Waals surface area contributed by atoms with Crippen LogP contribution in [0.25, 0.3) is 10.4 Å². The van der Waals surface area contributed by atoms with Crippen LogP contribution in [0.3, 0.4) is 0 Å². The average molecular weight is 353 g/mol. The number of nitrogens with zero attached hydrogens (tertiary/aromatic N) is 2. The minimum Gasteiger partial charge on any atom is -0.263 e. The summed E-state index contributed by atoms with van der Waals surface area (Å²) in [4.78, 5) is 7.07. The molecule has 1 atom stereocenters. The van der Waals surface area contributed by atoms with Crippen molar-refractivity contribution in [1.82, 2.24) is 4.42 Å². The minimum absolute atomic E-state index is 0.0273. The zero-order chi connectivity index (χ0) is 16.7. The number of thiophene rings is 1. The molecule has 0 saturated carbocycles. The number of aliphatic imine (C=N–C) groups is 1. The van der Waals surface area contributed by atoms with Crippen LogP contribution in [-0.4, -0.2) is 10.8 Å². The molecule has 0 N–H and O–H groups in total. The molecule has 2 nitrogen and oxygen atoms in total. The molecule has 3 aromatic rings. The molecule has 0 bridgehead atoms. The van der Waals surface area contributed by atoms with Crippen molar-refractivity contribution < 1.29 is 0 Å². The number of para-hydroxylation sites is 1. The number of fused-ring (bicyclic) bond motifs is 1. The molecule has 0 fully saturated rings. The monoisotopic (exact) mass is 352 g/mol. The Labute approximate surface area is 151 Å². The molecule has 1 aliphatic rings. The first-order chi connectivity index (χ1) is 11.7. The van der Waals surface area contributed by atoms with E-state index in [0.29, 0.717) is 0 Å². The standard InChI is InChI=1S/C20H17ClN2S/c1-13-14(2)24-20(15-8-4-3-5-9-15)18(13)19-16-10-6-7-11-17(16)22-12-23(19)21/h3-12,19H,1-2H3. The van der Waals surface area contributed by atoms with E-state index in [0.717, 1.165) is 11.3 Å². The average Bonchev–Trinajstić information content (AvgIpc) is 2.91. The van der Waals surface area contributed by atoms with Gasteiger partial charge in [-0.15, -0.1) is 11.3 Å². The second-order valence-corrected chi connectivity index (χ2v) is 7.56. The van der Waals surface area contributed by atoms with E-state index in [1.54, 1.807) is 10.8 Å². The lowest BCUT2D eigenvalue weighted by Gasteiger charge is -2.29. The van der Waals surface area contributed by atoms with Gasteiger partial charge >= 0.3 is 0 Å². The Morgan fingerprint density at radius 1 is 1.00 bits per heavy atom. The number of hydrogen-bond acceptors (Lipinski definition) is 3. The number of aryl methyl sites for hydroxylation is 1. The Balaban J connectivity index is 1.96. The first kappa shape index (κ1) is 15.4. The van der Waals surface area contributed by atoms with Crippen LogP contribution in [-0.2, 0) is 0 Å². The smallest absolute Gasteiger partial charge is 0.107 e. The highest BCUT2D eigenvalue weighted by Gasteiger charge is 2.31. The summed E-state index contributed by atoms with van der Waals surface area (Å²) in [5, 5.41) is 0. The lowest BCUT2D eigenvalue weighted by atomic mass is 9.92. The zero-order valence-corrected chi connectivity index (χ0v) is 15.1. The van der Waals surface area contributed by atoms with Gasteiger partial charge < -0.3 is 0 Å². The molecule has 0 aliphatic carbocycles. The van der Waals surface area contributed by atoms with E-state index >= 15 is 0 Å². The largest absolute Gasteiger partial charge is 0.263 e. The first-order valence-electron chi connectivity index (χ1n) is 7.89. The Hall–Kier alpha value is -2.10. The highest BCUT2D eigenvalue weighted by molar-refractivity contribution is 7.15. The predicted molar refractivity (Wildman–Crippen MR) is 103 cm³/mol. The highest BCUT2D eigenvalue weighted by Crippen LogP contribution is 2.47. The van der Waals surface area contributed by atoms with E-state index in [4.69, 9.17) is 11.8 Å². The number of rotatable bonds is 2. The summed E-state index contributed by atoms with van der Waals surface area (Å²) < 4.78 is 1.70. The maximum Gasteiger partial charge on any atom is 0.107 e. The third kappa shape index (κ3) is 2.45. The quantitative estimate of drug-likeness (QED) is 0.497. The van der Waals surface area contributed by atoms with Crippen molar-refractivity contribution in [1.29, 1.82) is 0 Å². The molecule has 2 heterocycles. The van der Waals surface area contributed by atoms with Gasteiger partial charge in [-0.05, 0) is 31.0 Å². The molecular formula is C20H17ClN2S. The van der Waals surface area contributed by atoms with E-state index in [2.05, 4.69) is 49.2 Å². The molecule has 24 heavy (non-hydrogen) atoms. The van der Waals surface area contributed by atoms with Crippen LogP contribution in [0.4, 0.5) is 5.69 Å². The summed E-state index contributed by atoms with van der Waals surface area (Å²) in [5.41, 5.74) is 5.95. The summed E-state index contributed by atoms with van der Waals surface area (Å²) >= 11 is 8.41. The molecule has 1 unspecified atom stereocenters. The van der Waals surface area contributed by atoms with Crippen LogP contribution in [0.1, 0.15) is 27.6 Å². The van der Waals surface area contributed by atoms with Crippen LogP contribution < -0.4 is 0 Å². The van der Waals surface area contributed by atoms with Crippen LogP contribution in [0.5, 0.6) is 0 Å². The molecule has 1 aliphatic heterocycles. The molecule has 4 heteroatoms. The summed E-state index contributed by atoms with van der Waals surface area (Å²) in [5.74, 6) is 0. The number of hydrogen-bond donors (Lipinski definition) is 0. The summed E-state index contributed by atoms with van der Waals surface area (Å²) in [6, 6.07) is 18.7. The van der Waals surface area contributed by atoms with Crippen molar-refractivity contribution in [2.75, 3.05) is 0 Å². The van der Waals surface area contributed by atoms with Crippen molar-refractivity contribution in [2.45, 2.75) is 19.9 Å². The van der Waals surface area contributed by atoms with E-state index in [9.17, 15) is 0 Å². The van der Waals surface area contributed by atoms with Gasteiger partial charge in [-0.3, -0.25) is 4.42 Å². The number of benzene rings is 2. The Bertz CT molecular complexity index is 915. The molecule has 0 spiro atoms. The molecule has 2 aromatic carbocycles. The van der Waals surface area contributed by atoms with Crippen molar-refractivity contribution in [3.8, 4) is 10.4 Å². The Morgan fingerprint density at radius 2 is 1.71 bits per heavy atom. The molecule has 0 saturated heterocycles. The Morgan fingerprint density at radius 3 is 2.50 bits per heavy atom. The lowest BCUT2D eigenvalue weighted by Crippen LogP contribution is -2.23. The topological polar surface area (TPSA) is 15.6 Å². The van der Waals surface area contributed by atoms with E-state index in [-0.39, 0.29) is 6.04 Å². The van der Waals surface area contributed by atoms with Gasteiger partial charge in [-0.2, -0.15) is 0 Å². The third-order valence-corrected chi connectivity index (χ3v) is 6.08. The normalized spacial score (nSPS) is 16.3. The van der Waals surface area contributed by atoms with E-state index in [1.807, 2.05) is 35.6 Å². The fourth-order valence-electron chi connectivity index (χ4n) is 3.21. The first-order valence-corrected chi connectivity index (χ1v) is 9.05. The molecule has 1 aromatic heterocycles. The van der Waals surface area contributed by atoms with Crippen molar-refractivity contribution >= 4 is 35.1 Å². The molecule has 4 rings (SSSR count). The van der Waals surface area contributed by atoms with Crippen LogP contribution >= 0.6 is 23.1 Å². The van der Waals surface area contributed by atoms with Gasteiger partial charge in [0.1, 0.15) is 12.4 Å². The second-order valence-electron chi connectivity index (χ2n) is 5.94. The second kappa shape index (κ2) is 6.08. The fraction of sp³-hybridized carbons (Fsp3) is 0.150. The van der Waals surface area contributed by atoms with Gasteiger partial charge in [0.25, 0.3) is 0 Å². The maximum absolute atomic E-state index is 6.57. The molecule has 0 radical (unpaired) electrons. The Kier molecular flexibility index (Phi) is 3.91. The van der Waals surface area contributed by atoms with Crippen molar-refractivity contribution in [3.05, 3.63) is 76.2 Å². The molecular weight excluding hydrogens is 336 g/mol. The fourth-order valence-corrected chi connectivity index (χ4v) is 4.65. The summed E-state index contributed by atoms with van der Waals surface area (Å²) in [6.45, 7) is 4.37. The third-order valence-electron chi connectivity index (χ3n) is 4.53. The minimum atomic E-state index is -0.0273. The van der Waals surface area contributed by atoms with E-state index in [1.165, 1.54) is 26.4 Å². The zero-order valence-electron chi connectivity index (χ0n) is 13.5. The molecule has 0 amide bonds. The van der Waals surface area contributed by atoms with Gasteiger partial charge in [0.2, 0.25) is 0 Å². The van der Waals surface area contributed by atoms with Gasteiger partial charge in [-0.1, -0.05) is 48.5 Å². The SMILES string of the molecule is Cc1sc(-c2ccccc2)c(C2c3ccccc3N=CN2Cl)c1C. The van der Waals surface area contributed by atoms with Crippen molar-refractivity contribution in [2.24, 2.45) is 4.99 Å². The predicted octanol–water partition coefficient (Wildman–Crippen LogP) is 6.25. The lowest BCUT2D eigenvalue weighted by molar-refractivity contribution is 0.557. The highest BCUT2D eigenvalue weighted by atomic mass is 35.5. The van der Waals surface area contributed by atoms with Gasteiger partial charge in [-0.25, -0.2) is 4.99 Å². The summed E-state index contributed by atoms with van der Waals surface area (Å²) in [7, 11) is 0. The van der Waals surface area contributed by atoms with Crippen LogP contribution in [0.15, 0.2) is 59.6 Å². The summed E-state index contributed by atoms with van der Waals surface area (Å²) in [6.07, 6.45) is 1.72. The maximum atomic E-state index is 6.57. The van der Waals surface area contributed by atoms with Gasteiger partial charge in [0.15, 0.2) is 0 Å². The van der Waals surface area contributed by atoms with E-state index < -0.39 is 0 Å². The van der Waals surface area contributed by atoms with Gasteiger partial charge in [0, 0.05) is 32.7 Å². The van der Waals surface area contributed by atoms with Crippen molar-refractivity contribution in [3.63, 3.8) is 0 Å². The van der Waals surface area contributed by atoms with Crippen LogP contribution in [0.2, 0.25) is 0 Å². The molecule has 120 valence electrons.